The fourth-order valence-electron chi connectivity index (χ4n) is 2.76. The monoisotopic (exact) mass is 394 g/mol. The molecule has 3 aromatic rings. The number of aromatic nitrogens is 1. The first-order chi connectivity index (χ1) is 12.5. The average molecular weight is 395 g/mol. The van der Waals surface area contributed by atoms with E-state index in [1.54, 1.807) is 6.07 Å². The Hall–Kier alpha value is -2.25. The molecular formula is C18H13ClF2N2O2S. The molecule has 0 saturated carbocycles. The molecule has 1 aliphatic heterocycles. The number of hydrogen-bond acceptors (Lipinski definition) is 5. The number of rotatable bonds is 4. The van der Waals surface area contributed by atoms with Crippen molar-refractivity contribution in [1.82, 2.24) is 4.98 Å². The summed E-state index contributed by atoms with van der Waals surface area (Å²) in [6.45, 7) is 0.998. The lowest BCUT2D eigenvalue weighted by Gasteiger charge is -2.38. The van der Waals surface area contributed by atoms with E-state index in [9.17, 15) is 13.6 Å². The molecule has 0 spiro atoms. The van der Waals surface area contributed by atoms with Crippen molar-refractivity contribution < 1.29 is 18.3 Å². The lowest BCUT2D eigenvalue weighted by atomic mass is 10.1. The van der Waals surface area contributed by atoms with E-state index in [-0.39, 0.29) is 28.9 Å². The summed E-state index contributed by atoms with van der Waals surface area (Å²) in [7, 11) is 0. The number of carbonyl (C=O) groups excluding carboxylic acids is 1. The molecule has 26 heavy (non-hydrogen) atoms. The Morgan fingerprint density at radius 1 is 1.31 bits per heavy atom. The van der Waals surface area contributed by atoms with Crippen LogP contribution in [0.15, 0.2) is 36.4 Å². The predicted octanol–water partition coefficient (Wildman–Crippen LogP) is 4.20. The van der Waals surface area contributed by atoms with Gasteiger partial charge in [-0.05, 0) is 30.3 Å². The molecular weight excluding hydrogens is 382 g/mol. The van der Waals surface area contributed by atoms with Gasteiger partial charge in [0.05, 0.1) is 29.7 Å². The standard InChI is InChI=1S/C18H13ClF2N2O2S/c19-13-2-1-3-14(21)12(13)7-17(24)25-11-8-23(9-11)18-22-15-5-4-10(20)6-16(15)26-18/h1-6,11H,7-9H2. The predicted molar refractivity (Wildman–Crippen MR) is 96.8 cm³/mol. The highest BCUT2D eigenvalue weighted by molar-refractivity contribution is 7.22. The van der Waals surface area contributed by atoms with E-state index < -0.39 is 11.8 Å². The maximum absolute atomic E-state index is 13.7. The van der Waals surface area contributed by atoms with Gasteiger partial charge in [0.1, 0.15) is 17.7 Å². The Kier molecular flexibility index (Phi) is 4.50. The zero-order chi connectivity index (χ0) is 18.3. The van der Waals surface area contributed by atoms with Crippen LogP contribution in [0.4, 0.5) is 13.9 Å². The summed E-state index contributed by atoms with van der Waals surface area (Å²) in [6.07, 6.45) is -0.487. The van der Waals surface area contributed by atoms with Gasteiger partial charge in [0.25, 0.3) is 0 Å². The van der Waals surface area contributed by atoms with E-state index in [0.717, 1.165) is 15.3 Å². The number of fused-ring (bicyclic) bond motifs is 1. The highest BCUT2D eigenvalue weighted by Gasteiger charge is 2.32. The van der Waals surface area contributed by atoms with E-state index in [2.05, 4.69) is 4.98 Å². The Bertz CT molecular complexity index is 968. The number of nitrogens with zero attached hydrogens (tertiary/aromatic N) is 2. The molecule has 0 aliphatic carbocycles. The highest BCUT2D eigenvalue weighted by Crippen LogP contribution is 2.32. The van der Waals surface area contributed by atoms with Crippen LogP contribution in [0.25, 0.3) is 10.2 Å². The van der Waals surface area contributed by atoms with Gasteiger partial charge in [-0.3, -0.25) is 4.79 Å². The largest absolute Gasteiger partial charge is 0.458 e. The average Bonchev–Trinajstić information content (AvgIpc) is 2.96. The van der Waals surface area contributed by atoms with Crippen LogP contribution in [-0.2, 0) is 16.0 Å². The molecule has 0 N–H and O–H groups in total. The molecule has 0 amide bonds. The minimum atomic E-state index is -0.522. The van der Waals surface area contributed by atoms with Crippen LogP contribution in [0.3, 0.4) is 0 Å². The number of halogens is 3. The first-order valence-electron chi connectivity index (χ1n) is 7.93. The zero-order valence-electron chi connectivity index (χ0n) is 13.4. The summed E-state index contributed by atoms with van der Waals surface area (Å²) in [5, 5.41) is 0.967. The van der Waals surface area contributed by atoms with Gasteiger partial charge in [0.2, 0.25) is 0 Å². The van der Waals surface area contributed by atoms with Crippen molar-refractivity contribution in [3.05, 3.63) is 58.6 Å². The number of hydrogen-bond donors (Lipinski definition) is 0. The molecule has 1 aliphatic rings. The fraction of sp³-hybridized carbons (Fsp3) is 0.222. The van der Waals surface area contributed by atoms with Gasteiger partial charge in [0.15, 0.2) is 5.13 Å². The van der Waals surface area contributed by atoms with Crippen LogP contribution < -0.4 is 4.90 Å². The van der Waals surface area contributed by atoms with Gasteiger partial charge in [-0.25, -0.2) is 13.8 Å². The molecule has 2 heterocycles. The van der Waals surface area contributed by atoms with E-state index in [1.807, 2.05) is 4.90 Å². The number of benzene rings is 2. The maximum Gasteiger partial charge on any atom is 0.310 e. The third kappa shape index (κ3) is 3.37. The van der Waals surface area contributed by atoms with Gasteiger partial charge in [-0.15, -0.1) is 0 Å². The lowest BCUT2D eigenvalue weighted by Crippen LogP contribution is -2.53. The topological polar surface area (TPSA) is 42.4 Å². The van der Waals surface area contributed by atoms with Gasteiger partial charge in [0, 0.05) is 10.6 Å². The van der Waals surface area contributed by atoms with Crippen molar-refractivity contribution in [1.29, 1.82) is 0 Å². The first-order valence-corrected chi connectivity index (χ1v) is 9.12. The molecule has 0 atom stereocenters. The van der Waals surface area contributed by atoms with Crippen molar-refractivity contribution >= 4 is 44.3 Å². The second-order valence-electron chi connectivity index (χ2n) is 6.00. The summed E-state index contributed by atoms with van der Waals surface area (Å²) in [5.41, 5.74) is 0.879. The van der Waals surface area contributed by atoms with Crippen LogP contribution in [0.1, 0.15) is 5.56 Å². The van der Waals surface area contributed by atoms with Crippen LogP contribution in [-0.4, -0.2) is 30.1 Å². The van der Waals surface area contributed by atoms with Crippen LogP contribution in [0.2, 0.25) is 5.02 Å². The number of anilines is 1. The number of thiazole rings is 1. The van der Waals surface area contributed by atoms with Crippen molar-refractivity contribution in [3.8, 4) is 0 Å². The summed E-state index contributed by atoms with van der Waals surface area (Å²) in [4.78, 5) is 18.4. The summed E-state index contributed by atoms with van der Waals surface area (Å²) >= 11 is 7.31. The second kappa shape index (κ2) is 6.81. The Balaban J connectivity index is 1.35. The third-order valence-electron chi connectivity index (χ3n) is 4.14. The number of carbonyl (C=O) groups is 1. The molecule has 4 rings (SSSR count). The maximum atomic E-state index is 13.7. The molecule has 1 saturated heterocycles. The van der Waals surface area contributed by atoms with E-state index in [4.69, 9.17) is 16.3 Å². The van der Waals surface area contributed by atoms with E-state index in [1.165, 1.54) is 41.7 Å². The molecule has 0 bridgehead atoms. The third-order valence-corrected chi connectivity index (χ3v) is 5.57. The molecule has 8 heteroatoms. The first kappa shape index (κ1) is 17.2. The zero-order valence-corrected chi connectivity index (χ0v) is 15.0. The van der Waals surface area contributed by atoms with Crippen LogP contribution in [0.5, 0.6) is 0 Å². The minimum absolute atomic E-state index is 0.142. The quantitative estimate of drug-likeness (QED) is 0.622. The van der Waals surface area contributed by atoms with Gasteiger partial charge in [-0.2, -0.15) is 0 Å². The van der Waals surface area contributed by atoms with Gasteiger partial charge < -0.3 is 9.64 Å². The summed E-state index contributed by atoms with van der Waals surface area (Å²) < 4.78 is 33.1. The lowest BCUT2D eigenvalue weighted by molar-refractivity contribution is -0.149. The van der Waals surface area contributed by atoms with E-state index in [0.29, 0.717) is 13.1 Å². The molecule has 134 valence electrons. The summed E-state index contributed by atoms with van der Waals surface area (Å²) in [5.74, 6) is -1.34. The fourth-order valence-corrected chi connectivity index (χ4v) is 4.00. The van der Waals surface area contributed by atoms with E-state index >= 15 is 0 Å². The van der Waals surface area contributed by atoms with Crippen molar-refractivity contribution in [2.75, 3.05) is 18.0 Å². The summed E-state index contributed by atoms with van der Waals surface area (Å²) in [6, 6.07) is 8.75. The number of esters is 1. The Morgan fingerprint density at radius 2 is 2.12 bits per heavy atom. The Morgan fingerprint density at radius 3 is 2.88 bits per heavy atom. The normalized spacial score (nSPS) is 14.5. The molecule has 0 radical (unpaired) electrons. The smallest absolute Gasteiger partial charge is 0.310 e. The Labute approximate surface area is 157 Å². The molecule has 2 aromatic carbocycles. The SMILES string of the molecule is O=C(Cc1c(F)cccc1Cl)OC1CN(c2nc3ccc(F)cc3s2)C1. The number of ether oxygens (including phenoxy) is 1. The minimum Gasteiger partial charge on any atom is -0.458 e. The van der Waals surface area contributed by atoms with Gasteiger partial charge >= 0.3 is 5.97 Å². The molecule has 1 fully saturated rings. The highest BCUT2D eigenvalue weighted by atomic mass is 35.5. The molecule has 1 aromatic heterocycles. The van der Waals surface area contributed by atoms with Crippen molar-refractivity contribution in [3.63, 3.8) is 0 Å². The second-order valence-corrected chi connectivity index (χ2v) is 7.42. The van der Waals surface area contributed by atoms with Crippen molar-refractivity contribution in [2.24, 2.45) is 0 Å². The molecule has 0 unspecified atom stereocenters. The molecule has 4 nitrogen and oxygen atoms in total. The van der Waals surface area contributed by atoms with Crippen LogP contribution in [0, 0.1) is 11.6 Å². The van der Waals surface area contributed by atoms with Crippen molar-refractivity contribution in [2.45, 2.75) is 12.5 Å². The van der Waals surface area contributed by atoms with Gasteiger partial charge in [-0.1, -0.05) is 29.0 Å². The van der Waals surface area contributed by atoms with Crippen LogP contribution >= 0.6 is 22.9 Å².